The molecule has 0 amide bonds. The maximum absolute atomic E-state index is 11.9. The molecule has 2 aromatic heterocycles. The Labute approximate surface area is 656 Å². The lowest BCUT2D eigenvalue weighted by molar-refractivity contribution is 0.418. The SMILES string of the molecule is [2H]c1cc(-n2c3c([2H])c([2H])c([2H])c([2H])c3c3c([2H])c([2H])c([2H])c([2H])c32)c([2H])c2c1B1c3c(cc(-c4ccc5c(c4)Oc4ccccc4C5(C)C)cc3N(c3c(-c4ccccc4)cc(C(C)(C)C)cc3-c3ccccc3)c3c([2H])c(-n4c5c([2H])c([2H])c([2H])c([2H])c5c5c([2H])c([2H])c([2H])c([2H])c54)c([2H])c([2H])c31)N2c1c(-c2ccccc2)cc(C(C)(C)C)cc1-c1ccccc1. The van der Waals surface area contributed by atoms with Crippen LogP contribution < -0.4 is 30.9 Å². The summed E-state index contributed by atoms with van der Waals surface area (Å²) in [7, 11) is 0. The van der Waals surface area contributed by atoms with E-state index in [9.17, 15) is 28.8 Å². The number of nitrogens with zero attached hydrogens (tertiary/aromatic N) is 4. The minimum Gasteiger partial charge on any atom is -0.457 e. The van der Waals surface area contributed by atoms with E-state index in [0.29, 0.717) is 95.3 Å². The average molecular weight is 1400 g/mol. The van der Waals surface area contributed by atoms with E-state index in [-0.39, 0.29) is 60.6 Å². The summed E-state index contributed by atoms with van der Waals surface area (Å²) in [5, 5.41) is -1.26. The molecule has 0 atom stereocenters. The number of ether oxygens (including phenoxy) is 1. The Morgan fingerprint density at radius 3 is 1.16 bits per heavy atom. The highest BCUT2D eigenvalue weighted by Gasteiger charge is 2.47. The molecular formula is C101H79BN4O. The van der Waals surface area contributed by atoms with Gasteiger partial charge in [-0.2, -0.15) is 0 Å². The second kappa shape index (κ2) is 24.2. The van der Waals surface area contributed by atoms with Crippen molar-refractivity contribution in [3.8, 4) is 78.5 Å². The van der Waals surface area contributed by atoms with Crippen LogP contribution in [0.25, 0.3) is 111 Å². The van der Waals surface area contributed by atoms with Gasteiger partial charge in [0.15, 0.2) is 0 Å². The molecule has 0 N–H and O–H groups in total. The van der Waals surface area contributed by atoms with Crippen LogP contribution in [-0.4, -0.2) is 15.8 Å². The zero-order valence-electron chi connectivity index (χ0n) is 80.9. The van der Waals surface area contributed by atoms with Gasteiger partial charge in [0.05, 0.1) is 62.2 Å². The van der Waals surface area contributed by atoms with Gasteiger partial charge >= 0.3 is 0 Å². The van der Waals surface area contributed by atoms with Gasteiger partial charge in [0.1, 0.15) is 11.5 Å². The fourth-order valence-corrected chi connectivity index (χ4v) is 16.4. The molecule has 0 saturated heterocycles. The molecule has 15 aromatic carbocycles. The number of rotatable bonds is 9. The molecule has 0 unspecified atom stereocenters. The molecule has 20 rings (SSSR count). The summed E-state index contributed by atoms with van der Waals surface area (Å²) in [4.78, 5) is 3.87. The van der Waals surface area contributed by atoms with Gasteiger partial charge in [-0.05, 0) is 169 Å². The summed E-state index contributed by atoms with van der Waals surface area (Å²) in [6, 6.07) is 52.3. The molecule has 5 heterocycles. The van der Waals surface area contributed by atoms with E-state index >= 15 is 0 Å². The summed E-state index contributed by atoms with van der Waals surface area (Å²) in [6.45, 7) is 15.3. The first-order chi connectivity index (χ1) is 60.9. The summed E-state index contributed by atoms with van der Waals surface area (Å²) >= 11 is 0. The van der Waals surface area contributed by atoms with Crippen molar-refractivity contribution in [2.45, 2.75) is 71.6 Å². The number of aromatic nitrogens is 2. The smallest absolute Gasteiger partial charge is 0.252 e. The van der Waals surface area contributed by atoms with E-state index in [2.05, 4.69) is 79.7 Å². The average Bonchev–Trinajstić information content (AvgIpc) is 1.32. The number of para-hydroxylation sites is 5. The van der Waals surface area contributed by atoms with Gasteiger partial charge in [-0.1, -0.05) is 292 Å². The van der Waals surface area contributed by atoms with Gasteiger partial charge in [0.2, 0.25) is 0 Å². The Balaban J connectivity index is 1.07. The van der Waals surface area contributed by atoms with E-state index in [1.807, 2.05) is 186 Å². The lowest BCUT2D eigenvalue weighted by atomic mass is 9.33. The van der Waals surface area contributed by atoms with Crippen LogP contribution in [0.2, 0.25) is 0 Å². The van der Waals surface area contributed by atoms with Crippen molar-refractivity contribution in [3.63, 3.8) is 0 Å². The monoisotopic (exact) mass is 1400 g/mol. The standard InChI is InChI=1S/C101H79BN4O/c1-99(2,3)70-58-78(64-31-13-9-14-32-64)97(79(59-70)65-33-15-10-16-34-65)105-90-62-72(103-86-44-26-21-39-74(86)75-40-22-27-45-87(75)103)50-53-84(90)102-85-54-51-73(104-88-46-28-23-41-76(88)77-42-24-29-47-89(77)104)63-91(85)106(98-80(66-35-17-11-18-36-66)60-71(100(4,5)6)61-81(98)67-37-19-12-20-38-67)93-56-69(55-92(105)96(93)102)68-49-52-83-95(57-68)107-94-48-30-25-43-82(94)101(83,7)8/h9-63H,1-8H3/i21D,22D,23D,24D,26D,27D,28D,29D,39D,40D,41D,42D,44D,45D,46D,47D,50D,53D,54D,62D,63D. The van der Waals surface area contributed by atoms with E-state index in [0.717, 1.165) is 26.8 Å². The first-order valence-corrected chi connectivity index (χ1v) is 36.0. The highest BCUT2D eigenvalue weighted by molar-refractivity contribution is 7.00. The van der Waals surface area contributed by atoms with Crippen LogP contribution in [0.4, 0.5) is 34.1 Å². The van der Waals surface area contributed by atoms with Gasteiger partial charge in [-0.3, -0.25) is 0 Å². The quantitative estimate of drug-likeness (QED) is 0.135. The molecule has 0 radical (unpaired) electrons. The minimum absolute atomic E-state index is 0.0125. The third-order valence-corrected chi connectivity index (χ3v) is 21.6. The Hall–Kier alpha value is -12.6. The molecule has 0 saturated carbocycles. The molecule has 6 heteroatoms. The molecule has 17 aromatic rings. The number of hydrogen-bond acceptors (Lipinski definition) is 3. The van der Waals surface area contributed by atoms with E-state index in [1.54, 1.807) is 0 Å². The molecule has 0 bridgehead atoms. The summed E-state index contributed by atoms with van der Waals surface area (Å²) < 4.78 is 220. The van der Waals surface area contributed by atoms with Crippen LogP contribution in [0.15, 0.2) is 333 Å². The summed E-state index contributed by atoms with van der Waals surface area (Å²) in [5.74, 6) is 1.15. The maximum Gasteiger partial charge on any atom is 0.252 e. The van der Waals surface area contributed by atoms with Crippen molar-refractivity contribution >= 4 is 101 Å². The number of hydrogen-bond donors (Lipinski definition) is 0. The largest absolute Gasteiger partial charge is 0.457 e. The number of benzene rings is 15. The molecule has 3 aliphatic rings. The summed E-state index contributed by atoms with van der Waals surface area (Å²) in [6.07, 6.45) is 0. The van der Waals surface area contributed by atoms with Crippen molar-refractivity contribution in [3.05, 3.63) is 355 Å². The zero-order chi connectivity index (χ0) is 90.5. The topological polar surface area (TPSA) is 25.6 Å². The van der Waals surface area contributed by atoms with Crippen molar-refractivity contribution < 1.29 is 33.5 Å². The molecular weight excluding hydrogens is 1300 g/mol. The van der Waals surface area contributed by atoms with Gasteiger partial charge in [0, 0.05) is 94.5 Å². The predicted molar refractivity (Wildman–Crippen MR) is 452 cm³/mol. The molecule has 3 aliphatic heterocycles. The normalized spacial score (nSPS) is 16.3. The lowest BCUT2D eigenvalue weighted by Crippen LogP contribution is -2.61. The van der Waals surface area contributed by atoms with Crippen molar-refractivity contribution in [1.29, 1.82) is 0 Å². The maximum atomic E-state index is 11.9. The van der Waals surface area contributed by atoms with Gasteiger partial charge in [0.25, 0.3) is 6.71 Å². The molecule has 107 heavy (non-hydrogen) atoms. The van der Waals surface area contributed by atoms with Crippen molar-refractivity contribution in [2.24, 2.45) is 0 Å². The Kier molecular flexibility index (Phi) is 10.3. The van der Waals surface area contributed by atoms with Gasteiger partial charge < -0.3 is 23.7 Å². The van der Waals surface area contributed by atoms with Crippen molar-refractivity contribution in [2.75, 3.05) is 9.80 Å². The highest BCUT2D eigenvalue weighted by atomic mass is 16.5. The third kappa shape index (κ3) is 10.1. The second-order valence-electron chi connectivity index (χ2n) is 30.4. The van der Waals surface area contributed by atoms with Crippen LogP contribution in [0.3, 0.4) is 0 Å². The van der Waals surface area contributed by atoms with Gasteiger partial charge in [-0.25, -0.2) is 0 Å². The molecule has 0 fully saturated rings. The second-order valence-corrected chi connectivity index (χ2v) is 30.4. The highest BCUT2D eigenvalue weighted by Crippen LogP contribution is 2.57. The fourth-order valence-electron chi connectivity index (χ4n) is 16.4. The lowest BCUT2D eigenvalue weighted by Gasteiger charge is -2.46. The van der Waals surface area contributed by atoms with E-state index in [4.69, 9.17) is 4.74 Å². The molecule has 0 spiro atoms. The van der Waals surface area contributed by atoms with Crippen LogP contribution >= 0.6 is 0 Å². The Bertz CT molecular complexity index is 7510. The third-order valence-electron chi connectivity index (χ3n) is 21.6. The van der Waals surface area contributed by atoms with Crippen LogP contribution in [0, 0.1) is 0 Å². The molecule has 5 nitrogen and oxygen atoms in total. The zero-order valence-corrected chi connectivity index (χ0v) is 59.9. The molecule has 512 valence electrons. The Morgan fingerprint density at radius 2 is 0.720 bits per heavy atom. The summed E-state index contributed by atoms with van der Waals surface area (Å²) in [5.41, 5.74) is 7.14. The first-order valence-electron chi connectivity index (χ1n) is 46.5. The van der Waals surface area contributed by atoms with Crippen LogP contribution in [0.5, 0.6) is 11.5 Å². The van der Waals surface area contributed by atoms with E-state index < -0.39 is 167 Å². The first kappa shape index (κ1) is 45.6. The fraction of sp³-hybridized carbons (Fsp3) is 0.109. The van der Waals surface area contributed by atoms with Crippen molar-refractivity contribution in [1.82, 2.24) is 9.13 Å². The number of fused-ring (bicyclic) bond motifs is 12. The van der Waals surface area contributed by atoms with Gasteiger partial charge in [-0.15, -0.1) is 0 Å². The van der Waals surface area contributed by atoms with Crippen LogP contribution in [-0.2, 0) is 16.2 Å². The van der Waals surface area contributed by atoms with E-state index in [1.165, 1.54) is 10.6 Å². The molecule has 0 aliphatic carbocycles. The predicted octanol–water partition coefficient (Wildman–Crippen LogP) is 25.3. The Morgan fingerprint density at radius 1 is 0.336 bits per heavy atom. The minimum atomic E-state index is -1.58. The van der Waals surface area contributed by atoms with Crippen LogP contribution in [0.1, 0.15) is 106 Å². The number of anilines is 6.